The molecule has 0 aromatic carbocycles. The van der Waals surface area contributed by atoms with E-state index in [-0.39, 0.29) is 0 Å². The Kier molecular flexibility index (Phi) is 4.21. The molecule has 0 radical (unpaired) electrons. The molecule has 0 nitrogen and oxygen atoms in total. The summed E-state index contributed by atoms with van der Waals surface area (Å²) in [5.41, 5.74) is 0. The standard InChI is InChI=1S/C13H20.2C2H6/c1-7-4-10-6-11(7)13-9-3-2-8(5-9)12(10)13;2*1-2/h7-13H,2-6H2,1H3;2*1-2H3. The Balaban J connectivity index is 0.000000248. The van der Waals surface area contributed by atoms with Crippen LogP contribution < -0.4 is 0 Å². The molecule has 4 fully saturated rings. The van der Waals surface area contributed by atoms with Crippen LogP contribution in [0.3, 0.4) is 0 Å². The summed E-state index contributed by atoms with van der Waals surface area (Å²) >= 11 is 0. The summed E-state index contributed by atoms with van der Waals surface area (Å²) in [6, 6.07) is 0. The van der Waals surface area contributed by atoms with Gasteiger partial charge in [0.1, 0.15) is 0 Å². The number of hydrogen-bond acceptors (Lipinski definition) is 0. The molecule has 0 heterocycles. The van der Waals surface area contributed by atoms with Crippen LogP contribution in [0.1, 0.15) is 66.7 Å². The van der Waals surface area contributed by atoms with Crippen molar-refractivity contribution >= 4 is 0 Å². The van der Waals surface area contributed by atoms with Crippen LogP contribution in [-0.4, -0.2) is 0 Å². The Bertz CT molecular complexity index is 244. The van der Waals surface area contributed by atoms with Gasteiger partial charge in [-0.25, -0.2) is 0 Å². The molecule has 4 aliphatic rings. The predicted octanol–water partition coefficient (Wildman–Crippen LogP) is 5.38. The first-order valence-corrected chi connectivity index (χ1v) is 8.34. The summed E-state index contributed by atoms with van der Waals surface area (Å²) in [7, 11) is 0. The van der Waals surface area contributed by atoms with Crippen LogP contribution in [-0.2, 0) is 0 Å². The molecule has 4 aliphatic carbocycles. The number of fused-ring (bicyclic) bond motifs is 9. The highest BCUT2D eigenvalue weighted by atomic mass is 14.7. The summed E-state index contributed by atoms with van der Waals surface area (Å²) in [6.45, 7) is 10.5. The van der Waals surface area contributed by atoms with E-state index >= 15 is 0 Å². The molecule has 0 amide bonds. The fourth-order valence-electron chi connectivity index (χ4n) is 5.90. The zero-order chi connectivity index (χ0) is 12.6. The Morgan fingerprint density at radius 3 is 1.88 bits per heavy atom. The maximum atomic E-state index is 2.52. The maximum Gasteiger partial charge on any atom is -0.0321 e. The van der Waals surface area contributed by atoms with Gasteiger partial charge < -0.3 is 0 Å². The van der Waals surface area contributed by atoms with E-state index in [1.807, 2.05) is 27.7 Å². The molecule has 4 rings (SSSR count). The van der Waals surface area contributed by atoms with Crippen LogP contribution in [0.4, 0.5) is 0 Å². The molecule has 4 saturated carbocycles. The van der Waals surface area contributed by atoms with E-state index in [1.165, 1.54) is 35.5 Å². The second-order valence-corrected chi connectivity index (χ2v) is 6.36. The van der Waals surface area contributed by atoms with Crippen LogP contribution in [0, 0.1) is 41.4 Å². The van der Waals surface area contributed by atoms with Crippen molar-refractivity contribution in [1.29, 1.82) is 0 Å². The average Bonchev–Trinajstić information content (AvgIpc) is 3.11. The van der Waals surface area contributed by atoms with Crippen molar-refractivity contribution in [2.75, 3.05) is 0 Å². The molecular weight excluding hydrogens is 204 g/mol. The Morgan fingerprint density at radius 1 is 0.647 bits per heavy atom. The van der Waals surface area contributed by atoms with Gasteiger partial charge in [-0.3, -0.25) is 0 Å². The van der Waals surface area contributed by atoms with E-state index in [1.54, 1.807) is 32.1 Å². The van der Waals surface area contributed by atoms with Gasteiger partial charge in [0.2, 0.25) is 0 Å². The van der Waals surface area contributed by atoms with Gasteiger partial charge in [-0.2, -0.15) is 0 Å². The fourth-order valence-corrected chi connectivity index (χ4v) is 5.90. The molecular formula is C17H32. The quantitative estimate of drug-likeness (QED) is 0.496. The lowest BCUT2D eigenvalue weighted by molar-refractivity contribution is 0.112. The predicted molar refractivity (Wildman–Crippen MR) is 75.9 cm³/mol. The molecule has 0 heteroatoms. The molecule has 4 bridgehead atoms. The van der Waals surface area contributed by atoms with Gasteiger partial charge in [0, 0.05) is 0 Å². The monoisotopic (exact) mass is 236 g/mol. The number of hydrogen-bond donors (Lipinski definition) is 0. The van der Waals surface area contributed by atoms with Crippen molar-refractivity contribution in [3.8, 4) is 0 Å². The number of rotatable bonds is 0. The molecule has 7 atom stereocenters. The van der Waals surface area contributed by atoms with Crippen LogP contribution in [0.25, 0.3) is 0 Å². The Hall–Kier alpha value is 0. The lowest BCUT2D eigenvalue weighted by Crippen LogP contribution is -2.31. The van der Waals surface area contributed by atoms with Gasteiger partial charge in [0.05, 0.1) is 0 Å². The topological polar surface area (TPSA) is 0 Å². The van der Waals surface area contributed by atoms with Crippen molar-refractivity contribution in [3.63, 3.8) is 0 Å². The molecule has 0 spiro atoms. The van der Waals surface area contributed by atoms with E-state index in [2.05, 4.69) is 6.92 Å². The molecule has 7 unspecified atom stereocenters. The van der Waals surface area contributed by atoms with E-state index in [9.17, 15) is 0 Å². The van der Waals surface area contributed by atoms with E-state index in [0.717, 1.165) is 5.92 Å². The van der Waals surface area contributed by atoms with Crippen LogP contribution in [0.15, 0.2) is 0 Å². The first kappa shape index (κ1) is 13.4. The van der Waals surface area contributed by atoms with Crippen molar-refractivity contribution in [2.24, 2.45) is 41.4 Å². The summed E-state index contributed by atoms with van der Waals surface area (Å²) in [5.74, 6) is 8.26. The van der Waals surface area contributed by atoms with E-state index in [4.69, 9.17) is 0 Å². The second-order valence-electron chi connectivity index (χ2n) is 6.36. The largest absolute Gasteiger partial charge is 0.0683 e. The van der Waals surface area contributed by atoms with Crippen molar-refractivity contribution in [2.45, 2.75) is 66.7 Å². The maximum absolute atomic E-state index is 2.52. The van der Waals surface area contributed by atoms with Gasteiger partial charge >= 0.3 is 0 Å². The summed E-state index contributed by atoms with van der Waals surface area (Å²) in [6.07, 6.45) is 8.05. The second kappa shape index (κ2) is 5.33. The minimum absolute atomic E-state index is 1.09. The summed E-state index contributed by atoms with van der Waals surface area (Å²) < 4.78 is 0. The highest BCUT2D eigenvalue weighted by Crippen LogP contribution is 2.68. The minimum atomic E-state index is 1.09. The summed E-state index contributed by atoms with van der Waals surface area (Å²) in [4.78, 5) is 0. The highest BCUT2D eigenvalue weighted by molar-refractivity contribution is 5.09. The first-order valence-electron chi connectivity index (χ1n) is 8.34. The van der Waals surface area contributed by atoms with E-state index in [0.29, 0.717) is 0 Å². The highest BCUT2D eigenvalue weighted by Gasteiger charge is 2.61. The first-order chi connectivity index (χ1) is 8.34. The molecule has 0 aromatic heterocycles. The van der Waals surface area contributed by atoms with Gasteiger partial charge in [-0.05, 0) is 73.5 Å². The van der Waals surface area contributed by atoms with Gasteiger partial charge in [-0.15, -0.1) is 0 Å². The lowest BCUT2D eigenvalue weighted by Gasteiger charge is -2.37. The van der Waals surface area contributed by atoms with Gasteiger partial charge in [-0.1, -0.05) is 34.6 Å². The van der Waals surface area contributed by atoms with E-state index < -0.39 is 0 Å². The third kappa shape index (κ3) is 1.87. The van der Waals surface area contributed by atoms with Crippen LogP contribution in [0.2, 0.25) is 0 Å². The molecule has 0 saturated heterocycles. The summed E-state index contributed by atoms with van der Waals surface area (Å²) in [5, 5.41) is 0. The van der Waals surface area contributed by atoms with Crippen molar-refractivity contribution < 1.29 is 0 Å². The van der Waals surface area contributed by atoms with Gasteiger partial charge in [0.15, 0.2) is 0 Å². The molecule has 100 valence electrons. The normalized spacial score (nSPS) is 52.4. The zero-order valence-corrected chi connectivity index (χ0v) is 12.6. The molecule has 17 heavy (non-hydrogen) atoms. The SMILES string of the molecule is CC.CC.CC1CC2CC1C1C3CCC(C3)C21. The zero-order valence-electron chi connectivity index (χ0n) is 12.6. The van der Waals surface area contributed by atoms with Crippen LogP contribution in [0.5, 0.6) is 0 Å². The molecule has 0 aliphatic heterocycles. The lowest BCUT2D eigenvalue weighted by atomic mass is 9.68. The van der Waals surface area contributed by atoms with Crippen molar-refractivity contribution in [3.05, 3.63) is 0 Å². The van der Waals surface area contributed by atoms with Crippen molar-refractivity contribution in [1.82, 2.24) is 0 Å². The molecule has 0 aromatic rings. The third-order valence-corrected chi connectivity index (χ3v) is 6.07. The Labute approximate surface area is 109 Å². The molecule has 0 N–H and O–H groups in total. The average molecular weight is 236 g/mol. The fraction of sp³-hybridized carbons (Fsp3) is 1.00. The smallest absolute Gasteiger partial charge is 0.0321 e. The third-order valence-electron chi connectivity index (χ3n) is 6.07. The van der Waals surface area contributed by atoms with Gasteiger partial charge in [0.25, 0.3) is 0 Å². The minimum Gasteiger partial charge on any atom is -0.0683 e. The van der Waals surface area contributed by atoms with Crippen LogP contribution >= 0.6 is 0 Å². The Morgan fingerprint density at radius 2 is 1.24 bits per heavy atom.